The van der Waals surface area contributed by atoms with Gasteiger partial charge in [0.25, 0.3) is 11.8 Å². The average molecular weight is 404 g/mol. The first-order valence-corrected chi connectivity index (χ1v) is 9.50. The number of aryl methyl sites for hydroxylation is 1. The van der Waals surface area contributed by atoms with Crippen LogP contribution in [0.1, 0.15) is 16.7 Å². The molecule has 1 aliphatic heterocycles. The zero-order valence-corrected chi connectivity index (χ0v) is 16.5. The SMILES string of the molecule is Cc1cccc(NC2=C(c3ccc(Cl)cc3)C(=O)N(Cc3ccncc3)C2=O)c1. The number of carbonyl (C=O) groups is 2. The van der Waals surface area contributed by atoms with Gasteiger partial charge in [0.2, 0.25) is 0 Å². The number of benzene rings is 2. The second-order valence-electron chi connectivity index (χ2n) is 6.80. The topological polar surface area (TPSA) is 62.3 Å². The van der Waals surface area contributed by atoms with E-state index in [0.29, 0.717) is 16.2 Å². The summed E-state index contributed by atoms with van der Waals surface area (Å²) in [6, 6.07) is 18.1. The summed E-state index contributed by atoms with van der Waals surface area (Å²) in [6.07, 6.45) is 3.28. The van der Waals surface area contributed by atoms with Crippen molar-refractivity contribution in [3.63, 3.8) is 0 Å². The van der Waals surface area contributed by atoms with Crippen molar-refractivity contribution in [2.75, 3.05) is 5.32 Å². The van der Waals surface area contributed by atoms with E-state index in [4.69, 9.17) is 11.6 Å². The van der Waals surface area contributed by atoms with Crippen LogP contribution < -0.4 is 5.32 Å². The summed E-state index contributed by atoms with van der Waals surface area (Å²) in [5.41, 5.74) is 3.86. The number of aromatic nitrogens is 1. The first-order valence-electron chi connectivity index (χ1n) is 9.12. The number of pyridine rings is 1. The van der Waals surface area contributed by atoms with Gasteiger partial charge in [-0.25, -0.2) is 0 Å². The van der Waals surface area contributed by atoms with Crippen molar-refractivity contribution in [2.45, 2.75) is 13.5 Å². The lowest BCUT2D eigenvalue weighted by molar-refractivity contribution is -0.137. The largest absolute Gasteiger partial charge is 0.350 e. The molecule has 6 heteroatoms. The summed E-state index contributed by atoms with van der Waals surface area (Å²) in [5.74, 6) is -0.706. The summed E-state index contributed by atoms with van der Waals surface area (Å²) in [7, 11) is 0. The Balaban J connectivity index is 1.75. The molecule has 0 unspecified atom stereocenters. The Bertz CT molecular complexity index is 1110. The molecule has 0 atom stereocenters. The molecule has 144 valence electrons. The number of nitrogens with one attached hydrogen (secondary N) is 1. The van der Waals surface area contributed by atoms with E-state index >= 15 is 0 Å². The van der Waals surface area contributed by atoms with Crippen molar-refractivity contribution < 1.29 is 9.59 Å². The normalized spacial score (nSPS) is 13.9. The third-order valence-corrected chi connectivity index (χ3v) is 4.93. The van der Waals surface area contributed by atoms with Gasteiger partial charge in [-0.2, -0.15) is 0 Å². The van der Waals surface area contributed by atoms with Crippen molar-refractivity contribution in [3.05, 3.63) is 100 Å². The molecule has 1 aromatic heterocycles. The zero-order valence-electron chi connectivity index (χ0n) is 15.7. The standard InChI is InChI=1S/C23H18ClN3O2/c1-15-3-2-4-19(13-15)26-21-20(17-5-7-18(24)8-6-17)22(28)27(23(21)29)14-16-9-11-25-12-10-16/h2-13,26H,14H2,1H3. The summed E-state index contributed by atoms with van der Waals surface area (Å²) >= 11 is 6.00. The van der Waals surface area contributed by atoms with Gasteiger partial charge in [0.05, 0.1) is 12.1 Å². The van der Waals surface area contributed by atoms with Crippen LogP contribution in [0.15, 0.2) is 78.8 Å². The summed E-state index contributed by atoms with van der Waals surface area (Å²) in [6.45, 7) is 2.15. The van der Waals surface area contributed by atoms with Crippen LogP contribution in [0.25, 0.3) is 5.57 Å². The number of rotatable bonds is 5. The van der Waals surface area contributed by atoms with Crippen LogP contribution in [0.3, 0.4) is 0 Å². The molecular weight excluding hydrogens is 386 g/mol. The molecule has 0 radical (unpaired) electrons. The van der Waals surface area contributed by atoms with Gasteiger partial charge in [0.15, 0.2) is 0 Å². The fourth-order valence-corrected chi connectivity index (χ4v) is 3.38. The Hall–Kier alpha value is -3.44. The maximum Gasteiger partial charge on any atom is 0.278 e. The highest BCUT2D eigenvalue weighted by molar-refractivity contribution is 6.36. The van der Waals surface area contributed by atoms with Crippen molar-refractivity contribution in [2.24, 2.45) is 0 Å². The fourth-order valence-electron chi connectivity index (χ4n) is 3.26. The maximum atomic E-state index is 13.2. The van der Waals surface area contributed by atoms with Gasteiger partial charge in [-0.15, -0.1) is 0 Å². The molecule has 0 saturated carbocycles. The van der Waals surface area contributed by atoms with E-state index in [9.17, 15) is 9.59 Å². The van der Waals surface area contributed by atoms with Gasteiger partial charge >= 0.3 is 0 Å². The zero-order chi connectivity index (χ0) is 20.4. The highest BCUT2D eigenvalue weighted by atomic mass is 35.5. The van der Waals surface area contributed by atoms with E-state index in [-0.39, 0.29) is 24.1 Å². The van der Waals surface area contributed by atoms with Crippen molar-refractivity contribution >= 4 is 34.7 Å². The van der Waals surface area contributed by atoms with Crippen LogP contribution in [0.2, 0.25) is 5.02 Å². The molecule has 0 fully saturated rings. The van der Waals surface area contributed by atoms with Crippen molar-refractivity contribution in [3.8, 4) is 0 Å². The van der Waals surface area contributed by atoms with Crippen LogP contribution in [-0.4, -0.2) is 21.7 Å². The molecule has 1 aliphatic rings. The lowest BCUT2D eigenvalue weighted by Crippen LogP contribution is -2.32. The minimum Gasteiger partial charge on any atom is -0.350 e. The number of imide groups is 1. The first-order chi connectivity index (χ1) is 14.0. The van der Waals surface area contributed by atoms with Gasteiger partial charge in [0.1, 0.15) is 5.70 Å². The van der Waals surface area contributed by atoms with E-state index in [1.807, 2.05) is 31.2 Å². The molecule has 0 spiro atoms. The van der Waals surface area contributed by atoms with Crippen LogP contribution in [0.4, 0.5) is 5.69 Å². The highest BCUT2D eigenvalue weighted by Gasteiger charge is 2.39. The van der Waals surface area contributed by atoms with Gasteiger partial charge < -0.3 is 5.32 Å². The number of amides is 2. The number of halogens is 1. The number of anilines is 1. The monoisotopic (exact) mass is 403 g/mol. The van der Waals surface area contributed by atoms with Gasteiger partial charge in [-0.05, 0) is 60.0 Å². The summed E-state index contributed by atoms with van der Waals surface area (Å²) in [4.78, 5) is 31.7. The summed E-state index contributed by atoms with van der Waals surface area (Å²) < 4.78 is 0. The lowest BCUT2D eigenvalue weighted by atomic mass is 10.0. The van der Waals surface area contributed by atoms with Crippen LogP contribution >= 0.6 is 11.6 Å². The summed E-state index contributed by atoms with van der Waals surface area (Å²) in [5, 5.41) is 3.73. The van der Waals surface area contributed by atoms with Crippen molar-refractivity contribution in [1.29, 1.82) is 0 Å². The second-order valence-corrected chi connectivity index (χ2v) is 7.24. The quantitative estimate of drug-likeness (QED) is 0.640. The van der Waals surface area contributed by atoms with Crippen LogP contribution in [-0.2, 0) is 16.1 Å². The number of hydrogen-bond acceptors (Lipinski definition) is 4. The molecular formula is C23H18ClN3O2. The minimum absolute atomic E-state index is 0.177. The average Bonchev–Trinajstić information content (AvgIpc) is 2.94. The molecule has 1 N–H and O–H groups in total. The van der Waals surface area contributed by atoms with Gasteiger partial charge in [-0.1, -0.05) is 35.9 Å². The van der Waals surface area contributed by atoms with Gasteiger partial charge in [0, 0.05) is 23.1 Å². The van der Waals surface area contributed by atoms with E-state index in [1.165, 1.54) is 4.90 Å². The van der Waals surface area contributed by atoms with Crippen LogP contribution in [0.5, 0.6) is 0 Å². The Morgan fingerprint density at radius 3 is 2.38 bits per heavy atom. The third-order valence-electron chi connectivity index (χ3n) is 4.68. The number of hydrogen-bond donors (Lipinski definition) is 1. The first kappa shape index (κ1) is 18.9. The predicted octanol–water partition coefficient (Wildman–Crippen LogP) is 4.44. The Labute approximate surface area is 173 Å². The third kappa shape index (κ3) is 3.91. The lowest BCUT2D eigenvalue weighted by Gasteiger charge is -2.15. The molecule has 2 amide bonds. The van der Waals surface area contributed by atoms with Crippen LogP contribution in [0, 0.1) is 6.92 Å². The molecule has 0 saturated heterocycles. The predicted molar refractivity (Wildman–Crippen MR) is 113 cm³/mol. The van der Waals surface area contributed by atoms with Gasteiger partial charge in [-0.3, -0.25) is 19.5 Å². The van der Waals surface area contributed by atoms with E-state index in [1.54, 1.807) is 48.8 Å². The van der Waals surface area contributed by atoms with Crippen molar-refractivity contribution in [1.82, 2.24) is 9.88 Å². The second kappa shape index (κ2) is 7.89. The minimum atomic E-state index is -0.363. The molecule has 29 heavy (non-hydrogen) atoms. The highest BCUT2D eigenvalue weighted by Crippen LogP contribution is 2.32. The smallest absolute Gasteiger partial charge is 0.278 e. The van der Waals surface area contributed by atoms with E-state index < -0.39 is 0 Å². The molecule has 5 nitrogen and oxygen atoms in total. The molecule has 3 aromatic rings. The van der Waals surface area contributed by atoms with E-state index in [2.05, 4.69) is 10.3 Å². The van der Waals surface area contributed by atoms with E-state index in [0.717, 1.165) is 16.8 Å². The Morgan fingerprint density at radius 2 is 1.69 bits per heavy atom. The Morgan fingerprint density at radius 1 is 0.966 bits per heavy atom. The molecule has 0 aliphatic carbocycles. The maximum absolute atomic E-state index is 13.2. The molecule has 2 aromatic carbocycles. The molecule has 4 rings (SSSR count). The fraction of sp³-hybridized carbons (Fsp3) is 0.0870. The molecule has 2 heterocycles. The molecule has 0 bridgehead atoms. The number of nitrogens with zero attached hydrogens (tertiary/aromatic N) is 2. The number of carbonyl (C=O) groups excluding carboxylic acids is 2. The Kier molecular flexibility index (Phi) is 5.14.